The fourth-order valence-corrected chi connectivity index (χ4v) is 0.659. The quantitative estimate of drug-likeness (QED) is 0.521. The molecule has 0 aromatic rings. The predicted molar refractivity (Wildman–Crippen MR) is 54.1 cm³/mol. The van der Waals surface area contributed by atoms with Crippen molar-refractivity contribution in [2.75, 3.05) is 21.3 Å². The minimum atomic E-state index is 0.516. The maximum Gasteiger partial charge on any atom is 0.160 e. The van der Waals surface area contributed by atoms with Crippen molar-refractivity contribution >= 4 is 0 Å². The summed E-state index contributed by atoms with van der Waals surface area (Å²) in [6.45, 7) is 5.64. The Morgan fingerprint density at radius 3 is 2.23 bits per heavy atom. The molecule has 0 amide bonds. The van der Waals surface area contributed by atoms with Crippen LogP contribution in [0.1, 0.15) is 6.92 Å². The van der Waals surface area contributed by atoms with Crippen molar-refractivity contribution in [1.29, 1.82) is 0 Å². The van der Waals surface area contributed by atoms with Gasteiger partial charge in [-0.15, -0.1) is 0 Å². The second kappa shape index (κ2) is 6.17. The number of hydrogen-bond acceptors (Lipinski definition) is 3. The molecule has 0 heterocycles. The normalized spacial score (nSPS) is 12.3. The van der Waals surface area contributed by atoms with Gasteiger partial charge >= 0.3 is 0 Å². The third-order valence-corrected chi connectivity index (χ3v) is 1.62. The van der Waals surface area contributed by atoms with E-state index in [9.17, 15) is 0 Å². The standard InChI is InChI=1S/C10H17NO2/c1-8(11-3)6-7-10(13-5)9(2)12-4/h6-7,11H,2H2,1,3-5H3/b8-6+,10-7+. The molecule has 0 rings (SSSR count). The fourth-order valence-electron chi connectivity index (χ4n) is 0.659. The van der Waals surface area contributed by atoms with Crippen LogP contribution in [0.25, 0.3) is 0 Å². The van der Waals surface area contributed by atoms with Crippen LogP contribution in [0, 0.1) is 0 Å². The molecule has 74 valence electrons. The Hall–Kier alpha value is -1.38. The smallest absolute Gasteiger partial charge is 0.160 e. The van der Waals surface area contributed by atoms with Crippen LogP contribution >= 0.6 is 0 Å². The first-order chi connectivity index (χ1) is 6.15. The Morgan fingerprint density at radius 2 is 1.85 bits per heavy atom. The second-order valence-corrected chi connectivity index (χ2v) is 2.46. The molecule has 3 nitrogen and oxygen atoms in total. The van der Waals surface area contributed by atoms with Gasteiger partial charge in [-0.25, -0.2) is 0 Å². The molecule has 0 aromatic carbocycles. The van der Waals surface area contributed by atoms with Gasteiger partial charge in [-0.05, 0) is 19.1 Å². The molecule has 0 atom stereocenters. The lowest BCUT2D eigenvalue weighted by Crippen LogP contribution is -2.01. The second-order valence-electron chi connectivity index (χ2n) is 2.46. The zero-order valence-electron chi connectivity index (χ0n) is 8.68. The number of hydrogen-bond donors (Lipinski definition) is 1. The summed E-state index contributed by atoms with van der Waals surface area (Å²) in [7, 11) is 5.00. The summed E-state index contributed by atoms with van der Waals surface area (Å²) in [5.74, 6) is 1.14. The molecule has 0 saturated heterocycles. The van der Waals surface area contributed by atoms with Crippen molar-refractivity contribution in [1.82, 2.24) is 5.32 Å². The highest BCUT2D eigenvalue weighted by Crippen LogP contribution is 2.08. The van der Waals surface area contributed by atoms with Crippen molar-refractivity contribution in [3.63, 3.8) is 0 Å². The van der Waals surface area contributed by atoms with Crippen molar-refractivity contribution in [3.05, 3.63) is 35.9 Å². The van der Waals surface area contributed by atoms with Gasteiger partial charge in [-0.1, -0.05) is 6.58 Å². The van der Waals surface area contributed by atoms with Crippen LogP contribution in [0.15, 0.2) is 35.9 Å². The van der Waals surface area contributed by atoms with Gasteiger partial charge in [0.2, 0.25) is 0 Å². The highest BCUT2D eigenvalue weighted by Gasteiger charge is 1.99. The van der Waals surface area contributed by atoms with E-state index in [2.05, 4.69) is 11.9 Å². The molecule has 1 N–H and O–H groups in total. The molecule has 0 fully saturated rings. The van der Waals surface area contributed by atoms with Gasteiger partial charge in [0.1, 0.15) is 0 Å². The Kier molecular flexibility index (Phi) is 5.52. The van der Waals surface area contributed by atoms with Crippen molar-refractivity contribution in [2.45, 2.75) is 6.92 Å². The van der Waals surface area contributed by atoms with Crippen LogP contribution < -0.4 is 5.32 Å². The molecule has 0 aliphatic rings. The van der Waals surface area contributed by atoms with Crippen LogP contribution in [0.2, 0.25) is 0 Å². The lowest BCUT2D eigenvalue weighted by atomic mass is 10.3. The Labute approximate surface area is 79.7 Å². The van der Waals surface area contributed by atoms with E-state index in [1.54, 1.807) is 20.3 Å². The van der Waals surface area contributed by atoms with E-state index in [-0.39, 0.29) is 0 Å². The van der Waals surface area contributed by atoms with E-state index in [4.69, 9.17) is 9.47 Å². The van der Waals surface area contributed by atoms with Crippen molar-refractivity contribution in [3.8, 4) is 0 Å². The third-order valence-electron chi connectivity index (χ3n) is 1.62. The highest BCUT2D eigenvalue weighted by molar-refractivity contribution is 5.23. The van der Waals surface area contributed by atoms with Crippen LogP contribution in [0.5, 0.6) is 0 Å². The molecular weight excluding hydrogens is 166 g/mol. The van der Waals surface area contributed by atoms with Gasteiger partial charge < -0.3 is 14.8 Å². The van der Waals surface area contributed by atoms with E-state index in [1.165, 1.54) is 0 Å². The Morgan fingerprint density at radius 1 is 1.23 bits per heavy atom. The first-order valence-electron chi connectivity index (χ1n) is 3.99. The van der Waals surface area contributed by atoms with Gasteiger partial charge in [-0.2, -0.15) is 0 Å². The van der Waals surface area contributed by atoms with E-state index in [0.29, 0.717) is 11.5 Å². The molecule has 0 unspecified atom stereocenters. The Bertz CT molecular complexity index is 229. The summed E-state index contributed by atoms with van der Waals surface area (Å²) < 4.78 is 9.99. The number of nitrogens with one attached hydrogen (secondary N) is 1. The predicted octanol–water partition coefficient (Wildman–Crippen LogP) is 1.80. The summed E-state index contributed by atoms with van der Waals surface area (Å²) in [6, 6.07) is 0. The molecule has 0 saturated carbocycles. The molecular formula is C10H17NO2. The summed E-state index contributed by atoms with van der Waals surface area (Å²) in [5, 5.41) is 2.99. The van der Waals surface area contributed by atoms with Crippen LogP contribution in [-0.4, -0.2) is 21.3 Å². The van der Waals surface area contributed by atoms with Crippen molar-refractivity contribution in [2.24, 2.45) is 0 Å². The van der Waals surface area contributed by atoms with Gasteiger partial charge in [0.25, 0.3) is 0 Å². The third kappa shape index (κ3) is 4.25. The van der Waals surface area contributed by atoms with Gasteiger partial charge in [0.05, 0.1) is 14.2 Å². The zero-order valence-corrected chi connectivity index (χ0v) is 8.68. The minimum Gasteiger partial charge on any atom is -0.494 e. The fraction of sp³-hybridized carbons (Fsp3) is 0.400. The molecule has 0 spiro atoms. The number of rotatable bonds is 5. The summed E-state index contributed by atoms with van der Waals surface area (Å²) in [5.41, 5.74) is 1.04. The van der Waals surface area contributed by atoms with Gasteiger partial charge in [0.15, 0.2) is 11.5 Å². The Balaban J connectivity index is 4.48. The largest absolute Gasteiger partial charge is 0.494 e. The number of allylic oxidation sites excluding steroid dienone is 3. The topological polar surface area (TPSA) is 30.5 Å². The number of ether oxygens (including phenoxy) is 2. The average Bonchev–Trinajstić information content (AvgIpc) is 2.17. The lowest BCUT2D eigenvalue weighted by molar-refractivity contribution is 0.221. The summed E-state index contributed by atoms with van der Waals surface area (Å²) in [4.78, 5) is 0. The van der Waals surface area contributed by atoms with Crippen LogP contribution in [-0.2, 0) is 9.47 Å². The molecule has 0 bridgehead atoms. The van der Waals surface area contributed by atoms with Crippen LogP contribution in [0.4, 0.5) is 0 Å². The molecule has 0 aromatic heterocycles. The van der Waals surface area contributed by atoms with E-state index >= 15 is 0 Å². The monoisotopic (exact) mass is 183 g/mol. The lowest BCUT2D eigenvalue weighted by Gasteiger charge is -2.06. The molecule has 13 heavy (non-hydrogen) atoms. The number of methoxy groups -OCH3 is 2. The first-order valence-corrected chi connectivity index (χ1v) is 3.99. The maximum atomic E-state index is 5.06. The SMILES string of the molecule is C=C(OC)/C(=C\C=C(/C)NC)OC. The van der Waals surface area contributed by atoms with Crippen molar-refractivity contribution < 1.29 is 9.47 Å². The molecule has 0 aliphatic heterocycles. The van der Waals surface area contributed by atoms with Crippen LogP contribution in [0.3, 0.4) is 0 Å². The highest BCUT2D eigenvalue weighted by atomic mass is 16.5. The minimum absolute atomic E-state index is 0.516. The molecule has 0 radical (unpaired) electrons. The average molecular weight is 183 g/mol. The first kappa shape index (κ1) is 11.6. The van der Waals surface area contributed by atoms with Gasteiger partial charge in [0, 0.05) is 12.7 Å². The molecule has 3 heteroatoms. The summed E-state index contributed by atoms with van der Waals surface area (Å²) in [6.07, 6.45) is 3.70. The summed E-state index contributed by atoms with van der Waals surface area (Å²) >= 11 is 0. The zero-order chi connectivity index (χ0) is 10.3. The van der Waals surface area contributed by atoms with E-state index in [1.807, 2.05) is 20.0 Å². The van der Waals surface area contributed by atoms with E-state index < -0.39 is 0 Å². The van der Waals surface area contributed by atoms with Gasteiger partial charge in [-0.3, -0.25) is 0 Å². The van der Waals surface area contributed by atoms with E-state index in [0.717, 1.165) is 5.70 Å². The molecule has 0 aliphatic carbocycles. The maximum absolute atomic E-state index is 5.06.